The van der Waals surface area contributed by atoms with Crippen LogP contribution in [0.5, 0.6) is 11.5 Å². The number of rotatable bonds is 10. The third-order valence-corrected chi connectivity index (χ3v) is 5.50. The molecule has 0 unspecified atom stereocenters. The molecule has 1 N–H and O–H groups in total. The summed E-state index contributed by atoms with van der Waals surface area (Å²) in [6.45, 7) is 1.23. The normalized spacial score (nSPS) is 11.0. The van der Waals surface area contributed by atoms with Gasteiger partial charge in [-0.1, -0.05) is 17.7 Å². The van der Waals surface area contributed by atoms with Gasteiger partial charge in [-0.2, -0.15) is 0 Å². The maximum atomic E-state index is 12.3. The molecular weight excluding hydrogens is 398 g/mol. The molecule has 9 heteroatoms. The quantitative estimate of drug-likeness (QED) is 0.462. The van der Waals surface area contributed by atoms with Gasteiger partial charge in [-0.3, -0.25) is 9.59 Å². The van der Waals surface area contributed by atoms with Crippen molar-refractivity contribution in [2.24, 2.45) is 0 Å². The van der Waals surface area contributed by atoms with E-state index in [9.17, 15) is 18.0 Å². The maximum absolute atomic E-state index is 12.3. The van der Waals surface area contributed by atoms with E-state index in [1.54, 1.807) is 24.3 Å². The van der Waals surface area contributed by atoms with E-state index in [1.807, 2.05) is 6.92 Å². The third kappa shape index (κ3) is 6.30. The van der Waals surface area contributed by atoms with E-state index in [-0.39, 0.29) is 23.4 Å². The Hall–Kier alpha value is -2.91. The number of methoxy groups -OCH3 is 2. The van der Waals surface area contributed by atoms with Crippen molar-refractivity contribution in [2.45, 2.75) is 18.2 Å². The summed E-state index contributed by atoms with van der Waals surface area (Å²) in [7, 11) is -0.810. The number of aryl methyl sites for hydroxylation is 1. The van der Waals surface area contributed by atoms with Gasteiger partial charge in [0, 0.05) is 12.6 Å². The molecule has 8 nitrogen and oxygen atoms in total. The molecule has 0 heterocycles. The van der Waals surface area contributed by atoms with Crippen LogP contribution in [0.25, 0.3) is 0 Å². The largest absolute Gasteiger partial charge is 0.497 e. The van der Waals surface area contributed by atoms with Crippen LogP contribution >= 0.6 is 0 Å². The van der Waals surface area contributed by atoms with Gasteiger partial charge in [0.15, 0.2) is 6.61 Å². The number of ether oxygens (including phenoxy) is 3. The molecule has 0 atom stereocenters. The van der Waals surface area contributed by atoms with Crippen LogP contribution < -0.4 is 14.2 Å². The molecule has 0 bridgehead atoms. The Balaban J connectivity index is 1.84. The second kappa shape index (κ2) is 10.0. The average molecular weight is 421 g/mol. The molecule has 2 aromatic rings. The Labute approximate surface area is 169 Å². The lowest BCUT2D eigenvalue weighted by molar-refractivity contribution is -0.142. The highest BCUT2D eigenvalue weighted by atomic mass is 32.2. The minimum atomic E-state index is -3.72. The molecule has 0 fully saturated rings. The van der Waals surface area contributed by atoms with Crippen LogP contribution in [-0.4, -0.2) is 47.5 Å². The molecule has 0 aliphatic carbocycles. The number of carbonyl (C=O) groups excluding carboxylic acids is 2. The first-order valence-electron chi connectivity index (χ1n) is 8.74. The van der Waals surface area contributed by atoms with Crippen molar-refractivity contribution >= 4 is 21.8 Å². The van der Waals surface area contributed by atoms with E-state index in [0.717, 1.165) is 5.56 Å². The standard InChI is InChI=1S/C20H23NO7S/c1-14-4-7-16(8-5-14)29(24,25)21-11-10-20(23)28-13-18(22)17-9-6-15(26-2)12-19(17)27-3/h4-9,12,21H,10-11,13H2,1-3H3. The monoisotopic (exact) mass is 421 g/mol. The summed E-state index contributed by atoms with van der Waals surface area (Å²) in [5.41, 5.74) is 1.19. The highest BCUT2D eigenvalue weighted by molar-refractivity contribution is 7.89. The van der Waals surface area contributed by atoms with Crippen molar-refractivity contribution < 1.29 is 32.2 Å². The van der Waals surface area contributed by atoms with Gasteiger partial charge in [0.25, 0.3) is 0 Å². The van der Waals surface area contributed by atoms with Gasteiger partial charge in [0.05, 0.1) is 31.1 Å². The number of Topliss-reactive ketones (excluding diaryl/α,β-unsaturated/α-hetero) is 1. The van der Waals surface area contributed by atoms with E-state index >= 15 is 0 Å². The lowest BCUT2D eigenvalue weighted by atomic mass is 10.1. The lowest BCUT2D eigenvalue weighted by Crippen LogP contribution is -2.27. The van der Waals surface area contributed by atoms with Crippen molar-refractivity contribution in [1.82, 2.24) is 4.72 Å². The number of hydrogen-bond donors (Lipinski definition) is 1. The van der Waals surface area contributed by atoms with Gasteiger partial charge in [0.1, 0.15) is 11.5 Å². The summed E-state index contributed by atoms with van der Waals surface area (Å²) < 4.78 is 41.8. The second-order valence-corrected chi connectivity index (χ2v) is 7.88. The molecule has 0 saturated heterocycles. The number of esters is 1. The SMILES string of the molecule is COc1ccc(C(=O)COC(=O)CCNS(=O)(=O)c2ccc(C)cc2)c(OC)c1. The van der Waals surface area contributed by atoms with Gasteiger partial charge < -0.3 is 14.2 Å². The lowest BCUT2D eigenvalue weighted by Gasteiger charge is -2.10. The first kappa shape index (κ1) is 22.4. The van der Waals surface area contributed by atoms with E-state index in [2.05, 4.69) is 4.72 Å². The molecule has 0 aromatic heterocycles. The highest BCUT2D eigenvalue weighted by Gasteiger charge is 2.17. The fourth-order valence-electron chi connectivity index (χ4n) is 2.41. The fourth-order valence-corrected chi connectivity index (χ4v) is 3.44. The highest BCUT2D eigenvalue weighted by Crippen LogP contribution is 2.25. The summed E-state index contributed by atoms with van der Waals surface area (Å²) in [4.78, 5) is 24.2. The fraction of sp³-hybridized carbons (Fsp3) is 0.300. The minimum absolute atomic E-state index is 0.109. The van der Waals surface area contributed by atoms with Crippen molar-refractivity contribution in [1.29, 1.82) is 0 Å². The Morgan fingerprint density at radius 3 is 2.31 bits per heavy atom. The Kier molecular flexibility index (Phi) is 7.74. The van der Waals surface area contributed by atoms with Gasteiger partial charge in [-0.05, 0) is 31.2 Å². The molecule has 156 valence electrons. The zero-order chi connectivity index (χ0) is 21.4. The van der Waals surface area contributed by atoms with Crippen LogP contribution in [0.3, 0.4) is 0 Å². The van der Waals surface area contributed by atoms with Crippen molar-refractivity contribution in [3.05, 3.63) is 53.6 Å². The average Bonchev–Trinajstić information content (AvgIpc) is 2.71. The summed E-state index contributed by atoms with van der Waals surface area (Å²) in [5.74, 6) is -0.317. The maximum Gasteiger partial charge on any atom is 0.307 e. The molecule has 0 aliphatic heterocycles. The first-order valence-corrected chi connectivity index (χ1v) is 10.2. The smallest absolute Gasteiger partial charge is 0.307 e. The van der Waals surface area contributed by atoms with Crippen LogP contribution in [0.1, 0.15) is 22.3 Å². The van der Waals surface area contributed by atoms with Crippen LogP contribution in [0.2, 0.25) is 0 Å². The predicted molar refractivity (Wildman–Crippen MR) is 106 cm³/mol. The molecular formula is C20H23NO7S. The van der Waals surface area contributed by atoms with E-state index in [1.165, 1.54) is 32.4 Å². The molecule has 2 aromatic carbocycles. The number of sulfonamides is 1. The van der Waals surface area contributed by atoms with Gasteiger partial charge >= 0.3 is 5.97 Å². The number of carbonyl (C=O) groups is 2. The second-order valence-electron chi connectivity index (χ2n) is 6.11. The van der Waals surface area contributed by atoms with Crippen LogP contribution in [-0.2, 0) is 19.6 Å². The molecule has 29 heavy (non-hydrogen) atoms. The molecule has 2 rings (SSSR count). The van der Waals surface area contributed by atoms with Gasteiger partial charge in [-0.15, -0.1) is 0 Å². The summed E-state index contributed by atoms with van der Waals surface area (Å²) in [6.07, 6.45) is -0.210. The topological polar surface area (TPSA) is 108 Å². The molecule has 0 aliphatic rings. The summed E-state index contributed by atoms with van der Waals surface area (Å²) in [5, 5.41) is 0. The first-order chi connectivity index (χ1) is 13.8. The number of hydrogen-bond acceptors (Lipinski definition) is 7. The number of nitrogens with one attached hydrogen (secondary N) is 1. The Morgan fingerprint density at radius 2 is 1.69 bits per heavy atom. The van der Waals surface area contributed by atoms with E-state index < -0.39 is 28.4 Å². The molecule has 0 spiro atoms. The number of ketones is 1. The van der Waals surface area contributed by atoms with Crippen molar-refractivity contribution in [3.63, 3.8) is 0 Å². The van der Waals surface area contributed by atoms with E-state index in [0.29, 0.717) is 11.5 Å². The summed E-state index contributed by atoms with van der Waals surface area (Å²) in [6, 6.07) is 11.0. The predicted octanol–water partition coefficient (Wildman–Crippen LogP) is 2.11. The number of benzene rings is 2. The molecule has 0 radical (unpaired) electrons. The minimum Gasteiger partial charge on any atom is -0.497 e. The zero-order valence-electron chi connectivity index (χ0n) is 16.4. The third-order valence-electron chi connectivity index (χ3n) is 4.03. The van der Waals surface area contributed by atoms with E-state index in [4.69, 9.17) is 14.2 Å². The van der Waals surface area contributed by atoms with Gasteiger partial charge in [-0.25, -0.2) is 13.1 Å². The summed E-state index contributed by atoms with van der Waals surface area (Å²) >= 11 is 0. The molecule has 0 amide bonds. The Bertz CT molecular complexity index is 969. The molecule has 0 saturated carbocycles. The van der Waals surface area contributed by atoms with Crippen LogP contribution in [0, 0.1) is 6.92 Å². The zero-order valence-corrected chi connectivity index (χ0v) is 17.2. The van der Waals surface area contributed by atoms with Crippen LogP contribution in [0.15, 0.2) is 47.4 Å². The van der Waals surface area contributed by atoms with Crippen molar-refractivity contribution in [3.8, 4) is 11.5 Å². The Morgan fingerprint density at radius 1 is 1.00 bits per heavy atom. The van der Waals surface area contributed by atoms with Gasteiger partial charge in [0.2, 0.25) is 15.8 Å². The van der Waals surface area contributed by atoms with Crippen molar-refractivity contribution in [2.75, 3.05) is 27.4 Å². The van der Waals surface area contributed by atoms with Crippen LogP contribution in [0.4, 0.5) is 0 Å².